The summed E-state index contributed by atoms with van der Waals surface area (Å²) in [6, 6.07) is -0.104. The van der Waals surface area contributed by atoms with Gasteiger partial charge in [0.05, 0.1) is 43.9 Å². The fourth-order valence-electron chi connectivity index (χ4n) is 4.84. The second-order valence-corrected chi connectivity index (χ2v) is 16.4. The van der Waals surface area contributed by atoms with E-state index in [4.69, 9.17) is 33.2 Å². The van der Waals surface area contributed by atoms with Crippen molar-refractivity contribution in [3.05, 3.63) is 0 Å². The number of rotatable bonds is 38. The zero-order valence-corrected chi connectivity index (χ0v) is 32.3. The van der Waals surface area contributed by atoms with Crippen LogP contribution in [0.5, 0.6) is 0 Å². The molecule has 0 fully saturated rings. The van der Waals surface area contributed by atoms with Crippen molar-refractivity contribution in [2.24, 2.45) is 5.92 Å². The predicted octanol–water partition coefficient (Wildman–Crippen LogP) is -2.42. The summed E-state index contributed by atoms with van der Waals surface area (Å²) in [4.78, 5) is 29.3. The molecule has 0 aromatic rings. The maximum Gasteiger partial charge on any atom is 0.492 e. The molecule has 0 aliphatic carbocycles. The standard InChI is InChI=1S/C31H71N5O12SSi/c1-3-5-8-28(4-2)24-48-27-31(39)23-36(16-14-35-22-30(38)26-47-18-7-20-50(43,44)45)15-13-33-10-9-32-11-12-34-21-29(37)25-46-17-6-19-49(40,41)42/h28-35,37-39,43-45H,3-27H2,1-2H3,(H,40,41,42). The second kappa shape index (κ2) is 32.0. The lowest BCUT2D eigenvalue weighted by Crippen LogP contribution is -2.44. The van der Waals surface area contributed by atoms with E-state index in [0.717, 1.165) is 38.9 Å². The molecule has 0 amide bonds. The normalized spacial score (nSPS) is 15.1. The van der Waals surface area contributed by atoms with Gasteiger partial charge in [0.25, 0.3) is 10.1 Å². The number of aliphatic hydroxyl groups excluding tert-OH is 3. The Kier molecular flexibility index (Phi) is 31.8. The van der Waals surface area contributed by atoms with Crippen molar-refractivity contribution in [1.82, 2.24) is 26.2 Å². The van der Waals surface area contributed by atoms with Crippen LogP contribution in [0, 0.1) is 5.92 Å². The minimum absolute atomic E-state index is 0.0792. The highest BCUT2D eigenvalue weighted by Crippen LogP contribution is 2.13. The zero-order valence-electron chi connectivity index (χ0n) is 30.5. The van der Waals surface area contributed by atoms with Crippen molar-refractivity contribution >= 4 is 18.9 Å². The Balaban J connectivity index is 4.29. The van der Waals surface area contributed by atoms with Gasteiger partial charge in [-0.05, 0) is 25.2 Å². The lowest BCUT2D eigenvalue weighted by Gasteiger charge is -2.26. The number of nitrogens with one attached hydrogen (secondary N) is 4. The maximum absolute atomic E-state index is 10.7. The summed E-state index contributed by atoms with van der Waals surface area (Å²) < 4.78 is 46.5. The van der Waals surface area contributed by atoms with Gasteiger partial charge in [-0.3, -0.25) is 9.45 Å². The van der Waals surface area contributed by atoms with Gasteiger partial charge in [-0.25, -0.2) is 0 Å². The van der Waals surface area contributed by atoms with E-state index in [-0.39, 0.29) is 51.3 Å². The van der Waals surface area contributed by atoms with Crippen LogP contribution in [0.15, 0.2) is 0 Å². The molecular weight excluding hydrogens is 695 g/mol. The zero-order chi connectivity index (χ0) is 37.5. The first kappa shape index (κ1) is 49.6. The van der Waals surface area contributed by atoms with Gasteiger partial charge in [0, 0.05) is 97.9 Å². The largest absolute Gasteiger partial charge is 0.492 e. The van der Waals surface area contributed by atoms with E-state index in [1.54, 1.807) is 0 Å². The molecule has 0 aliphatic heterocycles. The van der Waals surface area contributed by atoms with Gasteiger partial charge in [-0.1, -0.05) is 33.1 Å². The molecule has 11 N–H and O–H groups in total. The van der Waals surface area contributed by atoms with Crippen LogP contribution in [0.1, 0.15) is 52.4 Å². The number of hydrogen-bond donors (Lipinski definition) is 11. The van der Waals surface area contributed by atoms with Gasteiger partial charge in [0.15, 0.2) is 0 Å². The number of ether oxygens (including phenoxy) is 3. The number of nitrogens with zero attached hydrogens (tertiary/aromatic N) is 1. The van der Waals surface area contributed by atoms with Crippen molar-refractivity contribution < 1.29 is 56.9 Å². The maximum atomic E-state index is 10.7. The number of hydrogen-bond acceptors (Lipinski definition) is 16. The van der Waals surface area contributed by atoms with Crippen LogP contribution < -0.4 is 21.3 Å². The monoisotopic (exact) mass is 765 g/mol. The quantitative estimate of drug-likeness (QED) is 0.0178. The van der Waals surface area contributed by atoms with Crippen LogP contribution >= 0.6 is 0 Å². The third-order valence-electron chi connectivity index (χ3n) is 7.71. The highest BCUT2D eigenvalue weighted by atomic mass is 32.2. The second-order valence-electron chi connectivity index (χ2n) is 12.8. The van der Waals surface area contributed by atoms with Crippen molar-refractivity contribution in [2.45, 2.75) is 76.7 Å². The summed E-state index contributed by atoms with van der Waals surface area (Å²) in [5.41, 5.74) is 0. The van der Waals surface area contributed by atoms with E-state index in [1.807, 2.05) is 0 Å². The predicted molar refractivity (Wildman–Crippen MR) is 195 cm³/mol. The van der Waals surface area contributed by atoms with Crippen LogP contribution in [0.25, 0.3) is 0 Å². The topological polar surface area (TPSA) is 255 Å². The molecule has 0 aromatic carbocycles. The van der Waals surface area contributed by atoms with Crippen molar-refractivity contribution in [3.8, 4) is 0 Å². The van der Waals surface area contributed by atoms with Crippen LogP contribution in [0.2, 0.25) is 6.04 Å². The molecule has 50 heavy (non-hydrogen) atoms. The Morgan fingerprint density at radius 2 is 1.20 bits per heavy atom. The molecule has 0 radical (unpaired) electrons. The first-order chi connectivity index (χ1) is 23.8. The number of aliphatic hydroxyl groups is 3. The summed E-state index contributed by atoms with van der Waals surface area (Å²) in [7, 11) is -8.05. The van der Waals surface area contributed by atoms with Gasteiger partial charge >= 0.3 is 8.80 Å². The lowest BCUT2D eigenvalue weighted by molar-refractivity contribution is 0.00291. The molecule has 0 saturated carbocycles. The van der Waals surface area contributed by atoms with Crippen LogP contribution in [-0.4, -0.2) is 192 Å². The van der Waals surface area contributed by atoms with Crippen molar-refractivity contribution in [1.29, 1.82) is 0 Å². The van der Waals surface area contributed by atoms with Crippen molar-refractivity contribution in [2.75, 3.05) is 117 Å². The van der Waals surface area contributed by atoms with Gasteiger partial charge in [0.2, 0.25) is 0 Å². The third-order valence-corrected chi connectivity index (χ3v) is 9.54. The molecule has 0 spiro atoms. The van der Waals surface area contributed by atoms with E-state index < -0.39 is 37.2 Å². The molecule has 0 aromatic heterocycles. The molecule has 0 saturated heterocycles. The van der Waals surface area contributed by atoms with E-state index in [1.165, 1.54) is 6.42 Å². The highest BCUT2D eigenvalue weighted by molar-refractivity contribution is 7.85. The van der Waals surface area contributed by atoms with E-state index in [2.05, 4.69) is 40.0 Å². The summed E-state index contributed by atoms with van der Waals surface area (Å²) in [6.07, 6.45) is 2.92. The molecule has 0 heterocycles. The van der Waals surface area contributed by atoms with Crippen molar-refractivity contribution in [3.63, 3.8) is 0 Å². The van der Waals surface area contributed by atoms with Crippen LogP contribution in [0.4, 0.5) is 0 Å². The first-order valence-electron chi connectivity index (χ1n) is 18.2. The van der Waals surface area contributed by atoms with Crippen LogP contribution in [-0.2, 0) is 24.3 Å². The van der Waals surface area contributed by atoms with Gasteiger partial charge in [0.1, 0.15) is 0 Å². The molecule has 302 valence electrons. The van der Waals surface area contributed by atoms with Gasteiger partial charge in [-0.2, -0.15) is 8.42 Å². The molecule has 19 heteroatoms. The average Bonchev–Trinajstić information content (AvgIpc) is 3.03. The molecule has 0 bridgehead atoms. The van der Waals surface area contributed by atoms with Gasteiger partial charge in [-0.15, -0.1) is 0 Å². The minimum atomic E-state index is -4.06. The van der Waals surface area contributed by atoms with Crippen LogP contribution in [0.3, 0.4) is 0 Å². The molecule has 17 nitrogen and oxygen atoms in total. The van der Waals surface area contributed by atoms with E-state index in [9.17, 15) is 23.7 Å². The molecule has 4 unspecified atom stereocenters. The Hall–Kier alpha value is -0.433. The lowest BCUT2D eigenvalue weighted by atomic mass is 10.0. The fourth-order valence-corrected chi connectivity index (χ4v) is 5.94. The Morgan fingerprint density at radius 1 is 0.680 bits per heavy atom. The third kappa shape index (κ3) is 35.9. The Morgan fingerprint density at radius 3 is 1.76 bits per heavy atom. The summed E-state index contributed by atoms with van der Waals surface area (Å²) in [6.45, 7) is 12.5. The average molecular weight is 766 g/mol. The summed E-state index contributed by atoms with van der Waals surface area (Å²) >= 11 is 0. The number of unbranched alkanes of at least 4 members (excludes halogenated alkanes) is 1. The molecule has 0 rings (SSSR count). The first-order valence-corrected chi connectivity index (χ1v) is 21.9. The molecule has 4 atom stereocenters. The molecular formula is C31H71N5O12SSi. The summed E-state index contributed by atoms with van der Waals surface area (Å²) in [5.74, 6) is 0.141. The summed E-state index contributed by atoms with van der Waals surface area (Å²) in [5, 5.41) is 43.9. The SMILES string of the molecule is CCCCC(CC)COCC(O)CN(CCNCCNCCNCC(O)COCCCS(=O)(=O)O)CCNCC(O)COCCC[Si](O)(O)O. The van der Waals surface area contributed by atoms with E-state index >= 15 is 0 Å². The Labute approximate surface area is 301 Å². The van der Waals surface area contributed by atoms with Gasteiger partial charge < -0.3 is 65.2 Å². The Bertz CT molecular complexity index is 866. The van der Waals surface area contributed by atoms with E-state index in [0.29, 0.717) is 71.3 Å². The smallest absolute Gasteiger partial charge is 0.390 e. The highest BCUT2D eigenvalue weighted by Gasteiger charge is 2.25. The minimum Gasteiger partial charge on any atom is -0.390 e. The molecule has 0 aliphatic rings. The fraction of sp³-hybridized carbons (Fsp3) is 1.00.